The van der Waals surface area contributed by atoms with Crippen LogP contribution >= 0.6 is 0 Å². The molecule has 1 N–H and O–H groups in total. The minimum atomic E-state index is -0.0428. The molecule has 0 radical (unpaired) electrons. The third kappa shape index (κ3) is 3.85. The molecule has 0 fully saturated rings. The lowest BCUT2D eigenvalue weighted by Gasteiger charge is -2.51. The van der Waals surface area contributed by atoms with E-state index in [-0.39, 0.29) is 11.5 Å². The lowest BCUT2D eigenvalue weighted by atomic mass is 9.53. The fraction of sp³-hybridized carbons (Fsp3) is 0.407. The second-order valence-corrected chi connectivity index (χ2v) is 8.44. The Bertz CT molecular complexity index is 833. The maximum atomic E-state index is 10.0. The fourth-order valence-electron chi connectivity index (χ4n) is 5.68. The Morgan fingerprint density at radius 2 is 1.79 bits per heavy atom. The Kier molecular flexibility index (Phi) is 6.08. The van der Waals surface area contributed by atoms with Crippen molar-refractivity contribution >= 4 is 0 Å². The van der Waals surface area contributed by atoms with E-state index in [4.69, 9.17) is 4.74 Å². The van der Waals surface area contributed by atoms with E-state index < -0.39 is 0 Å². The van der Waals surface area contributed by atoms with Crippen LogP contribution in [0, 0.1) is 17.3 Å². The van der Waals surface area contributed by atoms with Crippen molar-refractivity contribution in [1.29, 1.82) is 0 Å². The Balaban J connectivity index is 1.84. The predicted molar refractivity (Wildman–Crippen MR) is 120 cm³/mol. The van der Waals surface area contributed by atoms with Crippen LogP contribution < -0.4 is 0 Å². The van der Waals surface area contributed by atoms with Crippen LogP contribution in [0.1, 0.15) is 44.9 Å². The van der Waals surface area contributed by atoms with Gasteiger partial charge in [-0.1, -0.05) is 72.4 Å². The van der Waals surface area contributed by atoms with Gasteiger partial charge in [-0.2, -0.15) is 0 Å². The number of rotatable bonds is 6. The molecule has 0 bridgehead atoms. The van der Waals surface area contributed by atoms with Crippen molar-refractivity contribution in [2.75, 3.05) is 0 Å². The van der Waals surface area contributed by atoms with Crippen LogP contribution in [0.2, 0.25) is 0 Å². The second kappa shape index (κ2) is 8.90. The summed E-state index contributed by atoms with van der Waals surface area (Å²) in [7, 11) is 0. The van der Waals surface area contributed by atoms with E-state index in [0.717, 1.165) is 44.9 Å². The molecule has 0 aliphatic heterocycles. The average Bonchev–Trinajstić information content (AvgIpc) is 2.78. The standard InChI is InChI=1S/C27H32O2/c1-2-29-26-19-15-24(16-20-26)27(21-9-5-3-6-10-21,22-11-7-4-8-12-22)23-13-17-25(28)18-14-23/h2-7,9,11,13,15,17,19,21,24,26,28H,1,8,10,12,14,16,18,20H2. The normalized spacial score (nSPS) is 30.8. The summed E-state index contributed by atoms with van der Waals surface area (Å²) in [6.07, 6.45) is 33.5. The summed E-state index contributed by atoms with van der Waals surface area (Å²) >= 11 is 0. The van der Waals surface area contributed by atoms with Crippen LogP contribution in [-0.2, 0) is 4.74 Å². The van der Waals surface area contributed by atoms with Crippen LogP contribution in [0.4, 0.5) is 0 Å². The van der Waals surface area contributed by atoms with Crippen molar-refractivity contribution in [1.82, 2.24) is 0 Å². The van der Waals surface area contributed by atoms with Gasteiger partial charge in [-0.15, -0.1) is 0 Å². The van der Waals surface area contributed by atoms with Crippen molar-refractivity contribution in [3.8, 4) is 0 Å². The Morgan fingerprint density at radius 3 is 2.41 bits per heavy atom. The molecule has 4 atom stereocenters. The van der Waals surface area contributed by atoms with E-state index in [1.165, 1.54) is 5.57 Å². The summed E-state index contributed by atoms with van der Waals surface area (Å²) in [5.41, 5.74) is 2.97. The first kappa shape index (κ1) is 19.8. The van der Waals surface area contributed by atoms with Crippen LogP contribution in [0.25, 0.3) is 0 Å². The fourth-order valence-corrected chi connectivity index (χ4v) is 5.68. The van der Waals surface area contributed by atoms with Gasteiger partial charge in [0.05, 0.1) is 12.0 Å². The molecule has 4 aliphatic carbocycles. The monoisotopic (exact) mass is 388 g/mol. The van der Waals surface area contributed by atoms with Crippen LogP contribution in [0.5, 0.6) is 0 Å². The molecule has 29 heavy (non-hydrogen) atoms. The number of aliphatic hydroxyl groups excluding tert-OH is 1. The molecule has 4 unspecified atom stereocenters. The van der Waals surface area contributed by atoms with Crippen molar-refractivity contribution in [2.24, 2.45) is 17.3 Å². The van der Waals surface area contributed by atoms with Crippen LogP contribution in [0.3, 0.4) is 0 Å². The molecule has 0 amide bonds. The smallest absolute Gasteiger partial charge is 0.116 e. The first-order valence-corrected chi connectivity index (χ1v) is 11.0. The van der Waals surface area contributed by atoms with E-state index in [0.29, 0.717) is 17.6 Å². The quantitative estimate of drug-likeness (QED) is 0.390. The first-order chi connectivity index (χ1) is 14.2. The summed E-state index contributed by atoms with van der Waals surface area (Å²) in [5.74, 6) is 1.35. The molecular formula is C27H32O2. The molecule has 0 aromatic heterocycles. The summed E-state index contributed by atoms with van der Waals surface area (Å²) in [6, 6.07) is 0. The van der Waals surface area contributed by atoms with Crippen LogP contribution in [-0.4, -0.2) is 11.2 Å². The highest BCUT2D eigenvalue weighted by Gasteiger charge is 2.49. The minimum absolute atomic E-state index is 0.0428. The zero-order valence-electron chi connectivity index (χ0n) is 17.2. The van der Waals surface area contributed by atoms with Gasteiger partial charge < -0.3 is 9.84 Å². The summed E-state index contributed by atoms with van der Waals surface area (Å²) < 4.78 is 5.66. The Hall–Kier alpha value is -2.48. The summed E-state index contributed by atoms with van der Waals surface area (Å²) in [5, 5.41) is 10.0. The van der Waals surface area contributed by atoms with E-state index in [9.17, 15) is 5.11 Å². The average molecular weight is 389 g/mol. The van der Waals surface area contributed by atoms with E-state index in [1.807, 2.05) is 6.08 Å². The van der Waals surface area contributed by atoms with Crippen molar-refractivity contribution < 1.29 is 9.84 Å². The van der Waals surface area contributed by atoms with Crippen molar-refractivity contribution in [3.05, 3.63) is 96.6 Å². The highest BCUT2D eigenvalue weighted by atomic mass is 16.5. The van der Waals surface area contributed by atoms with E-state index in [2.05, 4.69) is 67.3 Å². The van der Waals surface area contributed by atoms with Crippen molar-refractivity contribution in [3.63, 3.8) is 0 Å². The van der Waals surface area contributed by atoms with Crippen LogP contribution in [0.15, 0.2) is 96.6 Å². The Morgan fingerprint density at radius 1 is 0.897 bits per heavy atom. The van der Waals surface area contributed by atoms with Gasteiger partial charge in [-0.25, -0.2) is 0 Å². The molecule has 0 aromatic carbocycles. The van der Waals surface area contributed by atoms with Gasteiger partial charge in [0.1, 0.15) is 6.10 Å². The Labute approximate surface area is 175 Å². The molecule has 4 rings (SSSR count). The summed E-state index contributed by atoms with van der Waals surface area (Å²) in [4.78, 5) is 0. The largest absolute Gasteiger partial charge is 0.512 e. The molecule has 0 saturated heterocycles. The lowest BCUT2D eigenvalue weighted by molar-refractivity contribution is 0.133. The van der Waals surface area contributed by atoms with Gasteiger partial charge in [0.2, 0.25) is 0 Å². The number of aliphatic hydroxyl groups is 1. The molecule has 0 aromatic rings. The molecular weight excluding hydrogens is 356 g/mol. The van der Waals surface area contributed by atoms with E-state index >= 15 is 0 Å². The lowest BCUT2D eigenvalue weighted by Crippen LogP contribution is -2.43. The maximum Gasteiger partial charge on any atom is 0.116 e. The number of hydrogen-bond acceptors (Lipinski definition) is 2. The van der Waals surface area contributed by atoms with Crippen molar-refractivity contribution in [2.45, 2.75) is 51.0 Å². The summed E-state index contributed by atoms with van der Waals surface area (Å²) in [6.45, 7) is 3.72. The molecule has 2 nitrogen and oxygen atoms in total. The molecule has 0 saturated carbocycles. The second-order valence-electron chi connectivity index (χ2n) is 8.44. The number of allylic oxidation sites excluding steroid dienone is 13. The number of hydrogen-bond donors (Lipinski definition) is 1. The van der Waals surface area contributed by atoms with Gasteiger partial charge in [0, 0.05) is 11.8 Å². The molecule has 4 aliphatic rings. The topological polar surface area (TPSA) is 29.5 Å². The third-order valence-electron chi connectivity index (χ3n) is 6.95. The van der Waals surface area contributed by atoms with Gasteiger partial charge in [0.25, 0.3) is 0 Å². The molecule has 0 spiro atoms. The highest BCUT2D eigenvalue weighted by molar-refractivity contribution is 5.43. The van der Waals surface area contributed by atoms with E-state index in [1.54, 1.807) is 11.8 Å². The predicted octanol–water partition coefficient (Wildman–Crippen LogP) is 7.04. The first-order valence-electron chi connectivity index (χ1n) is 11.0. The van der Waals surface area contributed by atoms with Gasteiger partial charge in [0.15, 0.2) is 0 Å². The SMILES string of the molecule is C=COC1C=CC(C(C2=CC=CCC2)(C2=CC=C(O)CC2)C2C=CC=CC2)CC1. The minimum Gasteiger partial charge on any atom is -0.512 e. The molecule has 2 heteroatoms. The zero-order valence-corrected chi connectivity index (χ0v) is 17.2. The molecule has 152 valence electrons. The highest BCUT2D eigenvalue weighted by Crippen LogP contribution is 2.57. The third-order valence-corrected chi connectivity index (χ3v) is 6.95. The van der Waals surface area contributed by atoms with Gasteiger partial charge in [-0.05, 0) is 62.5 Å². The zero-order chi connectivity index (χ0) is 20.1. The number of ether oxygens (including phenoxy) is 1. The van der Waals surface area contributed by atoms with Gasteiger partial charge in [-0.3, -0.25) is 0 Å². The van der Waals surface area contributed by atoms with Gasteiger partial charge >= 0.3 is 0 Å². The maximum absolute atomic E-state index is 10.0. The molecule has 0 heterocycles.